The number of amides is 1. The molecule has 0 aliphatic heterocycles. The Morgan fingerprint density at radius 3 is 2.80 bits per heavy atom. The van der Waals surface area contributed by atoms with E-state index >= 15 is 0 Å². The molecule has 0 unspecified atom stereocenters. The molecule has 1 fully saturated rings. The molecular formula is C16H23NO3. The van der Waals surface area contributed by atoms with Crippen LogP contribution in [-0.4, -0.2) is 19.2 Å². The van der Waals surface area contributed by atoms with Gasteiger partial charge in [0.2, 0.25) is 0 Å². The molecule has 4 nitrogen and oxygen atoms in total. The number of ether oxygens (including phenoxy) is 2. The first kappa shape index (κ1) is 14.7. The van der Waals surface area contributed by atoms with Gasteiger partial charge in [-0.3, -0.25) is 0 Å². The summed E-state index contributed by atoms with van der Waals surface area (Å²) in [6, 6.07) is 7.26. The molecule has 1 saturated carbocycles. The minimum Gasteiger partial charge on any atom is -0.493 e. The summed E-state index contributed by atoms with van der Waals surface area (Å²) in [6.07, 6.45) is 5.62. The fourth-order valence-electron chi connectivity index (χ4n) is 2.39. The van der Waals surface area contributed by atoms with E-state index in [0.717, 1.165) is 18.8 Å². The van der Waals surface area contributed by atoms with E-state index in [9.17, 15) is 4.79 Å². The minimum atomic E-state index is -0.417. The highest BCUT2D eigenvalue weighted by molar-refractivity contribution is 5.70. The number of nitrogens with one attached hydrogen (secondary N) is 1. The molecule has 1 N–H and O–H groups in total. The van der Waals surface area contributed by atoms with Crippen LogP contribution >= 0.6 is 0 Å². The van der Waals surface area contributed by atoms with E-state index in [4.69, 9.17) is 9.47 Å². The molecule has 0 radical (unpaired) electrons. The summed E-state index contributed by atoms with van der Waals surface area (Å²) >= 11 is 0. The van der Waals surface area contributed by atoms with Crippen molar-refractivity contribution >= 4 is 6.09 Å². The van der Waals surface area contributed by atoms with Crippen LogP contribution in [0.2, 0.25) is 0 Å². The average Bonchev–Trinajstić information content (AvgIpc) is 2.97. The summed E-state index contributed by atoms with van der Waals surface area (Å²) in [6.45, 7) is 3.37. The van der Waals surface area contributed by atoms with Gasteiger partial charge in [0.1, 0.15) is 11.5 Å². The molecule has 1 aromatic carbocycles. The van der Waals surface area contributed by atoms with Crippen LogP contribution in [0.1, 0.15) is 39.0 Å². The predicted octanol–water partition coefficient (Wildman–Crippen LogP) is 3.75. The van der Waals surface area contributed by atoms with Gasteiger partial charge in [0, 0.05) is 12.6 Å². The zero-order valence-corrected chi connectivity index (χ0v) is 12.1. The first-order valence-corrected chi connectivity index (χ1v) is 7.46. The molecule has 0 saturated heterocycles. The highest BCUT2D eigenvalue weighted by atomic mass is 16.6. The third-order valence-corrected chi connectivity index (χ3v) is 3.50. The highest BCUT2D eigenvalue weighted by Crippen LogP contribution is 2.26. The van der Waals surface area contributed by atoms with Gasteiger partial charge in [0.25, 0.3) is 0 Å². The maximum atomic E-state index is 11.5. The maximum Gasteiger partial charge on any atom is 0.412 e. The van der Waals surface area contributed by atoms with Gasteiger partial charge in [0.15, 0.2) is 0 Å². The molecule has 20 heavy (non-hydrogen) atoms. The van der Waals surface area contributed by atoms with E-state index in [-0.39, 0.29) is 0 Å². The second kappa shape index (κ2) is 7.78. The van der Waals surface area contributed by atoms with Crippen LogP contribution in [0, 0.1) is 5.92 Å². The Labute approximate surface area is 120 Å². The quantitative estimate of drug-likeness (QED) is 0.861. The summed E-state index contributed by atoms with van der Waals surface area (Å²) in [5, 5.41) is 2.68. The van der Waals surface area contributed by atoms with E-state index in [0.29, 0.717) is 18.2 Å². The fourth-order valence-corrected chi connectivity index (χ4v) is 2.39. The van der Waals surface area contributed by atoms with Crippen LogP contribution in [0.5, 0.6) is 11.5 Å². The summed E-state index contributed by atoms with van der Waals surface area (Å²) in [4.78, 5) is 11.5. The van der Waals surface area contributed by atoms with Crippen molar-refractivity contribution in [1.29, 1.82) is 0 Å². The SMILES string of the molecule is CCCNC(=O)Oc1cccc(OCC2CCCC2)c1. The average molecular weight is 277 g/mol. The standard InChI is InChI=1S/C16H23NO3/c1-2-10-17-16(18)20-15-9-5-8-14(11-15)19-12-13-6-3-4-7-13/h5,8-9,11,13H,2-4,6-7,10,12H2,1H3,(H,17,18). The smallest absolute Gasteiger partial charge is 0.412 e. The Kier molecular flexibility index (Phi) is 5.71. The van der Waals surface area contributed by atoms with Crippen molar-refractivity contribution in [3.63, 3.8) is 0 Å². The zero-order chi connectivity index (χ0) is 14.2. The van der Waals surface area contributed by atoms with Gasteiger partial charge in [0.05, 0.1) is 6.61 Å². The van der Waals surface area contributed by atoms with E-state index in [1.807, 2.05) is 19.1 Å². The lowest BCUT2D eigenvalue weighted by Crippen LogP contribution is -2.27. The van der Waals surface area contributed by atoms with Crippen LogP contribution in [0.4, 0.5) is 4.79 Å². The van der Waals surface area contributed by atoms with E-state index in [2.05, 4.69) is 5.32 Å². The molecule has 0 atom stereocenters. The lowest BCUT2D eigenvalue weighted by atomic mass is 10.1. The van der Waals surface area contributed by atoms with Crippen LogP contribution in [0.25, 0.3) is 0 Å². The van der Waals surface area contributed by atoms with Crippen molar-refractivity contribution in [2.24, 2.45) is 5.92 Å². The number of carbonyl (C=O) groups excluding carboxylic acids is 1. The number of hydrogen-bond donors (Lipinski definition) is 1. The van der Waals surface area contributed by atoms with Gasteiger partial charge in [-0.05, 0) is 37.3 Å². The Balaban J connectivity index is 1.82. The molecule has 4 heteroatoms. The molecule has 1 aliphatic rings. The van der Waals surface area contributed by atoms with Crippen molar-refractivity contribution < 1.29 is 14.3 Å². The van der Waals surface area contributed by atoms with Gasteiger partial charge in [-0.1, -0.05) is 25.8 Å². The third-order valence-electron chi connectivity index (χ3n) is 3.50. The van der Waals surface area contributed by atoms with Gasteiger partial charge >= 0.3 is 6.09 Å². The van der Waals surface area contributed by atoms with Gasteiger partial charge in [-0.2, -0.15) is 0 Å². The molecule has 0 aromatic heterocycles. The van der Waals surface area contributed by atoms with Crippen LogP contribution in [-0.2, 0) is 0 Å². The Morgan fingerprint density at radius 2 is 2.05 bits per heavy atom. The molecule has 0 heterocycles. The first-order chi connectivity index (χ1) is 9.78. The lowest BCUT2D eigenvalue weighted by Gasteiger charge is -2.12. The Hall–Kier alpha value is -1.71. The minimum absolute atomic E-state index is 0.417. The number of rotatable bonds is 6. The second-order valence-electron chi connectivity index (χ2n) is 5.25. The normalized spacial score (nSPS) is 15.1. The summed E-state index contributed by atoms with van der Waals surface area (Å²) in [7, 11) is 0. The fraction of sp³-hybridized carbons (Fsp3) is 0.562. The molecule has 1 aliphatic carbocycles. The van der Waals surface area contributed by atoms with Crippen molar-refractivity contribution in [2.45, 2.75) is 39.0 Å². The molecule has 110 valence electrons. The van der Waals surface area contributed by atoms with Crippen LogP contribution in [0.15, 0.2) is 24.3 Å². The molecule has 2 rings (SSSR count). The second-order valence-corrected chi connectivity index (χ2v) is 5.25. The summed E-state index contributed by atoms with van der Waals surface area (Å²) in [5.74, 6) is 1.95. The third kappa shape index (κ3) is 4.76. The lowest BCUT2D eigenvalue weighted by molar-refractivity contribution is 0.200. The van der Waals surface area contributed by atoms with Crippen molar-refractivity contribution in [3.8, 4) is 11.5 Å². The molecule has 1 amide bonds. The molecular weight excluding hydrogens is 254 g/mol. The van der Waals surface area contributed by atoms with Crippen LogP contribution in [0.3, 0.4) is 0 Å². The summed E-state index contributed by atoms with van der Waals surface area (Å²) < 4.78 is 11.0. The van der Waals surface area contributed by atoms with Crippen molar-refractivity contribution in [1.82, 2.24) is 5.32 Å². The molecule has 0 spiro atoms. The largest absolute Gasteiger partial charge is 0.493 e. The zero-order valence-electron chi connectivity index (χ0n) is 12.1. The number of benzene rings is 1. The van der Waals surface area contributed by atoms with E-state index < -0.39 is 6.09 Å². The first-order valence-electron chi connectivity index (χ1n) is 7.46. The van der Waals surface area contributed by atoms with E-state index in [1.54, 1.807) is 12.1 Å². The van der Waals surface area contributed by atoms with Gasteiger partial charge < -0.3 is 14.8 Å². The topological polar surface area (TPSA) is 47.6 Å². The Morgan fingerprint density at radius 1 is 1.30 bits per heavy atom. The number of hydrogen-bond acceptors (Lipinski definition) is 3. The number of carbonyl (C=O) groups is 1. The van der Waals surface area contributed by atoms with Gasteiger partial charge in [-0.25, -0.2) is 4.79 Å². The predicted molar refractivity (Wildman–Crippen MR) is 78.2 cm³/mol. The van der Waals surface area contributed by atoms with Crippen molar-refractivity contribution in [2.75, 3.05) is 13.2 Å². The van der Waals surface area contributed by atoms with Gasteiger partial charge in [-0.15, -0.1) is 0 Å². The maximum absolute atomic E-state index is 11.5. The summed E-state index contributed by atoms with van der Waals surface area (Å²) in [5.41, 5.74) is 0. The monoisotopic (exact) mass is 277 g/mol. The molecule has 0 bridgehead atoms. The molecule has 1 aromatic rings. The van der Waals surface area contributed by atoms with Crippen molar-refractivity contribution in [3.05, 3.63) is 24.3 Å². The van der Waals surface area contributed by atoms with Crippen LogP contribution < -0.4 is 14.8 Å². The Bertz CT molecular complexity index is 427. The highest BCUT2D eigenvalue weighted by Gasteiger charge is 2.15. The van der Waals surface area contributed by atoms with E-state index in [1.165, 1.54) is 25.7 Å².